The summed E-state index contributed by atoms with van der Waals surface area (Å²) in [7, 11) is 0. The van der Waals surface area contributed by atoms with Crippen LogP contribution in [0, 0.1) is 0 Å². The molecule has 1 aromatic carbocycles. The normalized spacial score (nSPS) is 10.8. The summed E-state index contributed by atoms with van der Waals surface area (Å²) in [5.74, 6) is 0.647. The highest BCUT2D eigenvalue weighted by molar-refractivity contribution is 9.10. The van der Waals surface area contributed by atoms with Gasteiger partial charge in [-0.2, -0.15) is 0 Å². The van der Waals surface area contributed by atoms with Gasteiger partial charge in [0.2, 0.25) is 0 Å². The van der Waals surface area contributed by atoms with Crippen molar-refractivity contribution >= 4 is 50.7 Å². The molecular weight excluding hydrogens is 370 g/mol. The molecule has 0 N–H and O–H groups in total. The van der Waals surface area contributed by atoms with E-state index in [2.05, 4.69) is 25.9 Å². The predicted octanol–water partition coefficient (Wildman–Crippen LogP) is 5.35. The zero-order valence-electron chi connectivity index (χ0n) is 10.1. The zero-order valence-corrected chi connectivity index (χ0v) is 13.9. The second kappa shape index (κ2) is 6.40. The van der Waals surface area contributed by atoms with Crippen molar-refractivity contribution in [3.8, 4) is 0 Å². The van der Waals surface area contributed by atoms with Crippen LogP contribution in [0.1, 0.15) is 24.0 Å². The molecule has 0 atom stereocenters. The van der Waals surface area contributed by atoms with E-state index in [0.717, 1.165) is 22.2 Å². The highest BCUT2D eigenvalue weighted by Gasteiger charge is 2.11. The lowest BCUT2D eigenvalue weighted by Gasteiger charge is -2.08. The first-order valence-electron chi connectivity index (χ1n) is 5.66. The van der Waals surface area contributed by atoms with Crippen molar-refractivity contribution < 1.29 is 0 Å². The van der Waals surface area contributed by atoms with Crippen molar-refractivity contribution in [3.63, 3.8) is 0 Å². The number of aromatic nitrogens is 2. The van der Waals surface area contributed by atoms with Gasteiger partial charge in [0, 0.05) is 16.5 Å². The number of hydrogen-bond acceptors (Lipinski definition) is 2. The Morgan fingerprint density at radius 2 is 1.89 bits per heavy atom. The summed E-state index contributed by atoms with van der Waals surface area (Å²) in [5, 5.41) is 1.64. The molecule has 0 spiro atoms. The van der Waals surface area contributed by atoms with Crippen LogP contribution < -0.4 is 0 Å². The van der Waals surface area contributed by atoms with E-state index in [0.29, 0.717) is 27.4 Å². The van der Waals surface area contributed by atoms with Crippen LogP contribution in [0.25, 0.3) is 0 Å². The first kappa shape index (κ1) is 15.0. The fourth-order valence-corrected chi connectivity index (χ4v) is 2.80. The van der Waals surface area contributed by atoms with Crippen molar-refractivity contribution in [2.75, 3.05) is 0 Å². The van der Waals surface area contributed by atoms with Gasteiger partial charge in [-0.05, 0) is 40.0 Å². The summed E-state index contributed by atoms with van der Waals surface area (Å²) in [6.07, 6.45) is 1.31. The quantitative estimate of drug-likeness (QED) is 0.671. The number of hydrogen-bond donors (Lipinski definition) is 0. The topological polar surface area (TPSA) is 25.8 Å². The highest BCUT2D eigenvalue weighted by Crippen LogP contribution is 2.26. The van der Waals surface area contributed by atoms with Crippen LogP contribution in [0.5, 0.6) is 0 Å². The molecule has 0 aliphatic rings. The molecule has 2 rings (SSSR count). The molecule has 0 amide bonds. The average molecular weight is 380 g/mol. The van der Waals surface area contributed by atoms with E-state index in [-0.39, 0.29) is 0 Å². The molecule has 2 aromatic rings. The van der Waals surface area contributed by atoms with Crippen LogP contribution in [0.4, 0.5) is 0 Å². The molecule has 1 aromatic heterocycles. The minimum atomic E-state index is 0.423. The molecule has 0 unspecified atom stereocenters. The fraction of sp³-hybridized carbons (Fsp3) is 0.231. The number of nitrogens with zero attached hydrogens (tertiary/aromatic N) is 2. The zero-order chi connectivity index (χ0) is 14.0. The Bertz CT molecular complexity index is 617. The monoisotopic (exact) mass is 378 g/mol. The van der Waals surface area contributed by atoms with Gasteiger partial charge in [-0.3, -0.25) is 0 Å². The van der Waals surface area contributed by atoms with E-state index in [1.165, 1.54) is 0 Å². The van der Waals surface area contributed by atoms with Crippen LogP contribution >= 0.6 is 50.7 Å². The predicted molar refractivity (Wildman–Crippen MR) is 83.4 cm³/mol. The number of aryl methyl sites for hydroxylation is 1. The molecule has 0 radical (unpaired) electrons. The van der Waals surface area contributed by atoms with Gasteiger partial charge in [0.25, 0.3) is 0 Å². The molecule has 0 aliphatic heterocycles. The maximum Gasteiger partial charge on any atom is 0.147 e. The molecule has 0 fully saturated rings. The van der Waals surface area contributed by atoms with Crippen molar-refractivity contribution in [1.29, 1.82) is 0 Å². The maximum absolute atomic E-state index is 6.14. The van der Waals surface area contributed by atoms with Crippen LogP contribution in [-0.4, -0.2) is 9.97 Å². The van der Waals surface area contributed by atoms with Gasteiger partial charge in [-0.15, -0.1) is 0 Å². The van der Waals surface area contributed by atoms with Crippen LogP contribution in [-0.2, 0) is 12.8 Å². The van der Waals surface area contributed by atoms with Crippen molar-refractivity contribution in [3.05, 3.63) is 55.0 Å². The van der Waals surface area contributed by atoms with Gasteiger partial charge in [0.05, 0.1) is 10.2 Å². The van der Waals surface area contributed by atoms with E-state index in [9.17, 15) is 0 Å². The lowest BCUT2D eigenvalue weighted by Crippen LogP contribution is -2.02. The molecule has 6 heteroatoms. The van der Waals surface area contributed by atoms with Crippen molar-refractivity contribution in [1.82, 2.24) is 9.97 Å². The second-order valence-corrected chi connectivity index (χ2v) is 5.95. The van der Waals surface area contributed by atoms with Crippen LogP contribution in [0.3, 0.4) is 0 Å². The molecule has 0 bridgehead atoms. The Morgan fingerprint density at radius 3 is 2.53 bits per heavy atom. The van der Waals surface area contributed by atoms with E-state index < -0.39 is 0 Å². The SMILES string of the molecule is CCc1nc(Cc2ccc(Cl)cc2Cl)nc(Cl)c1Br. The number of halogens is 4. The highest BCUT2D eigenvalue weighted by atomic mass is 79.9. The molecule has 2 nitrogen and oxygen atoms in total. The third-order valence-electron chi connectivity index (χ3n) is 2.62. The minimum absolute atomic E-state index is 0.423. The Morgan fingerprint density at radius 1 is 1.16 bits per heavy atom. The van der Waals surface area contributed by atoms with Gasteiger partial charge >= 0.3 is 0 Å². The van der Waals surface area contributed by atoms with E-state index >= 15 is 0 Å². The lowest BCUT2D eigenvalue weighted by molar-refractivity contribution is 0.896. The van der Waals surface area contributed by atoms with Crippen molar-refractivity contribution in [2.45, 2.75) is 19.8 Å². The lowest BCUT2D eigenvalue weighted by atomic mass is 10.1. The number of benzene rings is 1. The van der Waals surface area contributed by atoms with Crippen molar-refractivity contribution in [2.24, 2.45) is 0 Å². The third-order valence-corrected chi connectivity index (χ3v) is 4.55. The van der Waals surface area contributed by atoms with Gasteiger partial charge in [0.15, 0.2) is 0 Å². The van der Waals surface area contributed by atoms with E-state index in [4.69, 9.17) is 34.8 Å². The fourth-order valence-electron chi connectivity index (χ4n) is 1.66. The summed E-state index contributed by atoms with van der Waals surface area (Å²) in [5.41, 5.74) is 1.81. The van der Waals surface area contributed by atoms with Crippen LogP contribution in [0.15, 0.2) is 22.7 Å². The van der Waals surface area contributed by atoms with Gasteiger partial charge < -0.3 is 0 Å². The summed E-state index contributed by atoms with van der Waals surface area (Å²) in [4.78, 5) is 8.73. The summed E-state index contributed by atoms with van der Waals surface area (Å²) >= 11 is 21.5. The van der Waals surface area contributed by atoms with E-state index in [1.54, 1.807) is 12.1 Å². The minimum Gasteiger partial charge on any atom is -0.236 e. The Hall–Kier alpha value is -0.350. The largest absolute Gasteiger partial charge is 0.236 e. The molecule has 19 heavy (non-hydrogen) atoms. The van der Waals surface area contributed by atoms with Crippen LogP contribution in [0.2, 0.25) is 15.2 Å². The molecule has 0 aliphatic carbocycles. The first-order valence-corrected chi connectivity index (χ1v) is 7.58. The summed E-state index contributed by atoms with van der Waals surface area (Å²) in [6.45, 7) is 2.02. The molecular formula is C13H10BrCl3N2. The van der Waals surface area contributed by atoms with Gasteiger partial charge in [-0.1, -0.05) is 47.8 Å². The van der Waals surface area contributed by atoms with Gasteiger partial charge in [0.1, 0.15) is 11.0 Å². The molecule has 0 saturated carbocycles. The Kier molecular flexibility index (Phi) is 5.07. The van der Waals surface area contributed by atoms with Gasteiger partial charge in [-0.25, -0.2) is 9.97 Å². The van der Waals surface area contributed by atoms with E-state index in [1.807, 2.05) is 13.0 Å². The maximum atomic E-state index is 6.14. The summed E-state index contributed by atoms with van der Waals surface area (Å²) in [6, 6.07) is 5.37. The molecule has 100 valence electrons. The smallest absolute Gasteiger partial charge is 0.147 e. The Labute approximate surface area is 135 Å². The third kappa shape index (κ3) is 3.60. The molecule has 1 heterocycles. The second-order valence-electron chi connectivity index (χ2n) is 3.96. The summed E-state index contributed by atoms with van der Waals surface area (Å²) < 4.78 is 0.752. The first-order chi connectivity index (χ1) is 9.01. The Balaban J connectivity index is 2.35. The standard InChI is InChI=1S/C13H10BrCl3N2/c1-2-10-12(14)13(17)19-11(18-10)5-7-3-4-8(15)6-9(7)16/h3-4,6H,2,5H2,1H3. The number of rotatable bonds is 3. The average Bonchev–Trinajstić information content (AvgIpc) is 2.37. The molecule has 0 saturated heterocycles.